The Labute approximate surface area is 233 Å². The number of nitrogens with one attached hydrogen (secondary N) is 3. The number of aromatic amines is 1. The van der Waals surface area contributed by atoms with E-state index in [1.807, 2.05) is 48.9 Å². The smallest absolute Gasteiger partial charge is 0.116 e. The number of aromatic nitrogens is 5. The van der Waals surface area contributed by atoms with Crippen LogP contribution >= 0.6 is 0 Å². The van der Waals surface area contributed by atoms with Gasteiger partial charge in [-0.25, -0.2) is 0 Å². The van der Waals surface area contributed by atoms with Gasteiger partial charge in [-0.05, 0) is 59.5 Å². The first kappa shape index (κ1) is 25.2. The lowest BCUT2D eigenvalue weighted by Gasteiger charge is -2.13. The third kappa shape index (κ3) is 5.36. The minimum absolute atomic E-state index is 0.684. The largest absolute Gasteiger partial charge is 0.353 e. The predicted octanol–water partition coefficient (Wildman–Crippen LogP) is 6.76. The highest BCUT2D eigenvalue weighted by molar-refractivity contribution is 5.95. The van der Waals surface area contributed by atoms with Crippen LogP contribution in [0.15, 0.2) is 110 Å². The van der Waals surface area contributed by atoms with Crippen molar-refractivity contribution in [2.45, 2.75) is 20.0 Å². The lowest BCUT2D eigenvalue weighted by atomic mass is 10.0. The predicted molar refractivity (Wildman–Crippen MR) is 161 cm³/mol. The quantitative estimate of drug-likeness (QED) is 0.194. The van der Waals surface area contributed by atoms with Crippen molar-refractivity contribution in [2.75, 3.05) is 5.32 Å². The van der Waals surface area contributed by atoms with Crippen molar-refractivity contribution in [1.82, 2.24) is 30.5 Å². The van der Waals surface area contributed by atoms with Crippen molar-refractivity contribution in [3.63, 3.8) is 0 Å². The van der Waals surface area contributed by atoms with Gasteiger partial charge in [0.15, 0.2) is 0 Å². The summed E-state index contributed by atoms with van der Waals surface area (Å²) >= 11 is 0. The van der Waals surface area contributed by atoms with Crippen LogP contribution < -0.4 is 10.6 Å². The molecule has 7 nitrogen and oxygen atoms in total. The zero-order valence-electron chi connectivity index (χ0n) is 22.2. The van der Waals surface area contributed by atoms with Gasteiger partial charge in [-0.2, -0.15) is 5.10 Å². The van der Waals surface area contributed by atoms with Gasteiger partial charge < -0.3 is 10.6 Å². The normalized spacial score (nSPS) is 11.0. The van der Waals surface area contributed by atoms with Gasteiger partial charge in [0, 0.05) is 54.4 Å². The molecule has 7 heteroatoms. The molecule has 0 fully saturated rings. The number of benzene rings is 2. The zero-order chi connectivity index (χ0) is 27.3. The third-order valence-corrected chi connectivity index (χ3v) is 6.92. The molecule has 6 aromatic rings. The molecule has 6 rings (SSSR count). The molecule has 0 aliphatic rings. The first-order valence-corrected chi connectivity index (χ1v) is 13.1. The highest BCUT2D eigenvalue weighted by atomic mass is 15.1. The highest BCUT2D eigenvalue weighted by Crippen LogP contribution is 2.31. The number of H-pyrrole nitrogens is 1. The minimum Gasteiger partial charge on any atom is -0.353 e. The summed E-state index contributed by atoms with van der Waals surface area (Å²) in [5, 5.41) is 15.6. The Morgan fingerprint density at radius 3 is 2.50 bits per heavy atom. The Bertz CT molecular complexity index is 1780. The van der Waals surface area contributed by atoms with E-state index in [1.54, 1.807) is 12.4 Å². The molecule has 0 atom stereocenters. The van der Waals surface area contributed by atoms with Gasteiger partial charge in [-0.15, -0.1) is 0 Å². The van der Waals surface area contributed by atoms with Crippen LogP contribution in [-0.4, -0.2) is 25.1 Å². The van der Waals surface area contributed by atoms with Gasteiger partial charge in [-0.3, -0.25) is 20.1 Å². The lowest BCUT2D eigenvalue weighted by Crippen LogP contribution is -2.12. The lowest BCUT2D eigenvalue weighted by molar-refractivity contribution is 0.691. The van der Waals surface area contributed by atoms with E-state index in [9.17, 15) is 0 Å². The van der Waals surface area contributed by atoms with Gasteiger partial charge >= 0.3 is 0 Å². The van der Waals surface area contributed by atoms with Gasteiger partial charge in [0.2, 0.25) is 0 Å². The summed E-state index contributed by atoms with van der Waals surface area (Å²) in [5.41, 5.74) is 10.6. The number of rotatable bonds is 9. The molecule has 0 saturated carbocycles. The Hall–Kier alpha value is -5.14. The number of fused-ring (bicyclic) bond motifs is 1. The monoisotopic (exact) mass is 523 g/mol. The second kappa shape index (κ2) is 11.3. The second-order valence-corrected chi connectivity index (χ2v) is 9.68. The fraction of sp³-hybridized carbons (Fsp3) is 0.0909. The first-order chi connectivity index (χ1) is 19.7. The van der Waals surface area contributed by atoms with E-state index < -0.39 is 0 Å². The van der Waals surface area contributed by atoms with Crippen LogP contribution in [0.5, 0.6) is 0 Å². The Kier molecular flexibility index (Phi) is 7.11. The molecule has 196 valence electrons. The molecule has 4 aromatic heterocycles. The van der Waals surface area contributed by atoms with Crippen LogP contribution in [0.1, 0.15) is 22.4 Å². The Balaban J connectivity index is 1.22. The summed E-state index contributed by atoms with van der Waals surface area (Å²) < 4.78 is 0. The second-order valence-electron chi connectivity index (χ2n) is 9.68. The molecule has 2 aromatic carbocycles. The van der Waals surface area contributed by atoms with Gasteiger partial charge in [-0.1, -0.05) is 49.0 Å². The fourth-order valence-corrected chi connectivity index (χ4v) is 4.77. The molecule has 40 heavy (non-hydrogen) atoms. The van der Waals surface area contributed by atoms with E-state index in [4.69, 9.17) is 0 Å². The van der Waals surface area contributed by atoms with Crippen LogP contribution in [-0.2, 0) is 13.1 Å². The first-order valence-electron chi connectivity index (χ1n) is 13.1. The van der Waals surface area contributed by atoms with E-state index in [0.717, 1.165) is 68.9 Å². The van der Waals surface area contributed by atoms with Crippen molar-refractivity contribution in [1.29, 1.82) is 0 Å². The molecule has 0 unspecified atom stereocenters. The van der Waals surface area contributed by atoms with Crippen molar-refractivity contribution >= 4 is 22.3 Å². The van der Waals surface area contributed by atoms with E-state index in [2.05, 4.69) is 91.8 Å². The number of anilines is 1. The topological polar surface area (TPSA) is 91.4 Å². The van der Waals surface area contributed by atoms with Crippen molar-refractivity contribution in [3.05, 3.63) is 133 Å². The maximum atomic E-state index is 4.58. The molecule has 3 N–H and O–H groups in total. The molecule has 4 heterocycles. The summed E-state index contributed by atoms with van der Waals surface area (Å²) in [6, 6.07) is 24.7. The van der Waals surface area contributed by atoms with E-state index in [0.29, 0.717) is 5.70 Å². The number of hydrogen-bond donors (Lipinski definition) is 3. The fourth-order valence-electron chi connectivity index (χ4n) is 4.77. The molecule has 0 saturated heterocycles. The number of pyridine rings is 3. The van der Waals surface area contributed by atoms with E-state index in [-0.39, 0.29) is 0 Å². The van der Waals surface area contributed by atoms with Crippen molar-refractivity contribution in [3.8, 4) is 22.4 Å². The molecule has 0 aliphatic carbocycles. The summed E-state index contributed by atoms with van der Waals surface area (Å²) in [6.45, 7) is 7.90. The standard InChI is InChI=1S/C33H29N7/c1-22-29(30-10-6-7-13-37-30)20-36-21-32(22)38-23(2)33-28-15-26(11-12-31(28)39-40-33)27-14-25(18-35-19-27)17-34-16-24-8-4-3-5-9-24/h3-15,18-21,34,38H,2,16-17H2,1H3,(H,39,40). The highest BCUT2D eigenvalue weighted by Gasteiger charge is 2.14. The summed E-state index contributed by atoms with van der Waals surface area (Å²) in [6.07, 6.45) is 9.22. The van der Waals surface area contributed by atoms with Gasteiger partial charge in [0.25, 0.3) is 0 Å². The maximum Gasteiger partial charge on any atom is 0.116 e. The summed E-state index contributed by atoms with van der Waals surface area (Å²) in [7, 11) is 0. The van der Waals surface area contributed by atoms with Crippen LogP contribution in [0.3, 0.4) is 0 Å². The molecular formula is C33H29N7. The Morgan fingerprint density at radius 2 is 1.65 bits per heavy atom. The van der Waals surface area contributed by atoms with E-state index in [1.165, 1.54) is 5.56 Å². The number of hydrogen-bond acceptors (Lipinski definition) is 6. The van der Waals surface area contributed by atoms with Gasteiger partial charge in [0.05, 0.1) is 28.8 Å². The molecule has 0 bridgehead atoms. The number of nitrogens with zero attached hydrogens (tertiary/aromatic N) is 4. The molecule has 0 aliphatic heterocycles. The third-order valence-electron chi connectivity index (χ3n) is 6.92. The van der Waals surface area contributed by atoms with Gasteiger partial charge in [0.1, 0.15) is 5.69 Å². The molecule has 0 radical (unpaired) electrons. The van der Waals surface area contributed by atoms with Crippen molar-refractivity contribution in [2.24, 2.45) is 0 Å². The summed E-state index contributed by atoms with van der Waals surface area (Å²) in [5.74, 6) is 0. The van der Waals surface area contributed by atoms with Crippen LogP contribution in [0.2, 0.25) is 0 Å². The Morgan fingerprint density at radius 1 is 0.825 bits per heavy atom. The summed E-state index contributed by atoms with van der Waals surface area (Å²) in [4.78, 5) is 13.4. The average molecular weight is 524 g/mol. The maximum absolute atomic E-state index is 4.58. The minimum atomic E-state index is 0.684. The van der Waals surface area contributed by atoms with Crippen LogP contribution in [0, 0.1) is 6.92 Å². The molecule has 0 amide bonds. The zero-order valence-corrected chi connectivity index (χ0v) is 22.2. The molecular weight excluding hydrogens is 494 g/mol. The van der Waals surface area contributed by atoms with Crippen LogP contribution in [0.4, 0.5) is 5.69 Å². The average Bonchev–Trinajstić information content (AvgIpc) is 3.43. The SMILES string of the molecule is C=C(Nc1cncc(-c2ccccn2)c1C)c1n[nH]c2ccc(-c3cncc(CNCc4ccccc4)c3)cc12. The molecule has 0 spiro atoms. The van der Waals surface area contributed by atoms with Crippen molar-refractivity contribution < 1.29 is 0 Å². The van der Waals surface area contributed by atoms with Crippen LogP contribution in [0.25, 0.3) is 39.0 Å². The van der Waals surface area contributed by atoms with E-state index >= 15 is 0 Å².